The molecule has 0 unspecified atom stereocenters. The minimum atomic E-state index is -4.65. The molecule has 2 aromatic carbocycles. The smallest absolute Gasteiger partial charge is 0.488 e. The fourth-order valence-corrected chi connectivity index (χ4v) is 2.98. The molecule has 0 saturated heterocycles. The van der Waals surface area contributed by atoms with Crippen molar-refractivity contribution in [1.82, 2.24) is 0 Å². The molecule has 0 spiro atoms. The zero-order valence-electron chi connectivity index (χ0n) is 15.7. The predicted molar refractivity (Wildman–Crippen MR) is 99.0 cm³/mol. The first-order chi connectivity index (χ1) is 13.2. The summed E-state index contributed by atoms with van der Waals surface area (Å²) in [7, 11) is 1.07. The number of alkyl halides is 3. The highest BCUT2D eigenvalue weighted by molar-refractivity contribution is 6.31. The van der Waals surface area contributed by atoms with Crippen LogP contribution in [0.1, 0.15) is 36.1 Å². The number of halogens is 4. The molecule has 0 aliphatic carbocycles. The molecular weight excluding hydrogens is 397 g/mol. The normalized spacial score (nSPS) is 11.2. The van der Waals surface area contributed by atoms with E-state index >= 15 is 0 Å². The molecule has 28 heavy (non-hydrogen) atoms. The Balaban J connectivity index is 2.42. The Morgan fingerprint density at radius 2 is 1.75 bits per heavy atom. The number of hydrogen-bond donors (Lipinski definition) is 0. The van der Waals surface area contributed by atoms with Crippen molar-refractivity contribution in [3.05, 3.63) is 57.6 Å². The van der Waals surface area contributed by atoms with Crippen LogP contribution in [0.2, 0.25) is 5.02 Å². The molecule has 0 fully saturated rings. The van der Waals surface area contributed by atoms with Crippen molar-refractivity contribution in [3.8, 4) is 11.5 Å². The Morgan fingerprint density at radius 1 is 1.07 bits per heavy atom. The van der Waals surface area contributed by atoms with Gasteiger partial charge in [0.15, 0.2) is 0 Å². The molecule has 152 valence electrons. The van der Waals surface area contributed by atoms with E-state index in [0.717, 1.165) is 36.8 Å². The largest absolute Gasteiger partial charge is 0.513 e. The first-order valence-corrected chi connectivity index (χ1v) is 8.98. The van der Waals surface area contributed by atoms with Crippen LogP contribution in [0.3, 0.4) is 0 Å². The summed E-state index contributed by atoms with van der Waals surface area (Å²) < 4.78 is 55.2. The predicted octanol–water partition coefficient (Wildman–Crippen LogP) is 6.21. The third-order valence-corrected chi connectivity index (χ3v) is 4.51. The molecule has 0 aliphatic rings. The van der Waals surface area contributed by atoms with E-state index in [1.165, 1.54) is 6.07 Å². The Kier molecular flexibility index (Phi) is 7.18. The van der Waals surface area contributed by atoms with Crippen LogP contribution in [0.25, 0.3) is 0 Å². The topological polar surface area (TPSA) is 44.8 Å². The quantitative estimate of drug-likeness (QED) is 0.415. The van der Waals surface area contributed by atoms with Gasteiger partial charge in [-0.25, -0.2) is 4.79 Å². The van der Waals surface area contributed by atoms with Crippen molar-refractivity contribution < 1.29 is 32.2 Å². The van der Waals surface area contributed by atoms with E-state index in [1.54, 1.807) is 6.07 Å². The van der Waals surface area contributed by atoms with Crippen LogP contribution in [-0.2, 0) is 30.4 Å². The van der Waals surface area contributed by atoms with E-state index in [4.69, 9.17) is 21.1 Å². The molecule has 0 N–H and O–H groups in total. The average Bonchev–Trinajstić information content (AvgIpc) is 2.65. The maximum Gasteiger partial charge on any atom is 0.513 e. The van der Waals surface area contributed by atoms with Crippen molar-refractivity contribution in [2.45, 2.75) is 39.5 Å². The van der Waals surface area contributed by atoms with E-state index < -0.39 is 24.5 Å². The van der Waals surface area contributed by atoms with Gasteiger partial charge in [0.25, 0.3) is 0 Å². The molecule has 0 aliphatic heterocycles. The van der Waals surface area contributed by atoms with Crippen LogP contribution in [0.5, 0.6) is 11.5 Å². The Morgan fingerprint density at radius 3 is 2.32 bits per heavy atom. The van der Waals surface area contributed by atoms with Crippen LogP contribution in [0, 0.1) is 0 Å². The highest BCUT2D eigenvalue weighted by Gasteiger charge is 2.35. The number of carbonyl (C=O) groups excluding carboxylic acids is 1. The molecule has 4 nitrogen and oxygen atoms in total. The van der Waals surface area contributed by atoms with Crippen LogP contribution in [0.15, 0.2) is 30.3 Å². The molecular formula is C20H20ClF3O4. The molecule has 0 heterocycles. The van der Waals surface area contributed by atoms with Gasteiger partial charge in [0.05, 0.1) is 12.7 Å². The van der Waals surface area contributed by atoms with Gasteiger partial charge in [-0.3, -0.25) is 0 Å². The second-order valence-electron chi connectivity index (χ2n) is 5.88. The standard InChI is InChI=1S/C20H20ClF3O4/c1-4-12-9-13(5-2)18(10-16(12)21)27-11-14-15(20(22,23)24)7-6-8-17(14)28-19(25)26-3/h6-10H,4-5,11H2,1-3H3. The lowest BCUT2D eigenvalue weighted by Crippen LogP contribution is -2.15. The van der Waals surface area contributed by atoms with E-state index in [-0.39, 0.29) is 11.3 Å². The molecule has 0 saturated carbocycles. The van der Waals surface area contributed by atoms with Crippen molar-refractivity contribution >= 4 is 17.8 Å². The Hall–Kier alpha value is -2.41. The molecule has 0 atom stereocenters. The number of aryl methyl sites for hydroxylation is 2. The van der Waals surface area contributed by atoms with Gasteiger partial charge < -0.3 is 14.2 Å². The zero-order chi connectivity index (χ0) is 20.9. The summed E-state index contributed by atoms with van der Waals surface area (Å²) in [4.78, 5) is 11.4. The fraction of sp³-hybridized carbons (Fsp3) is 0.350. The van der Waals surface area contributed by atoms with Crippen molar-refractivity contribution in [2.75, 3.05) is 7.11 Å². The number of benzene rings is 2. The summed E-state index contributed by atoms with van der Waals surface area (Å²) in [5, 5.41) is 0.477. The third kappa shape index (κ3) is 5.10. The summed E-state index contributed by atoms with van der Waals surface area (Å²) >= 11 is 6.22. The van der Waals surface area contributed by atoms with Gasteiger partial charge >= 0.3 is 12.3 Å². The first kappa shape index (κ1) is 21.9. The number of rotatable bonds is 6. The second-order valence-corrected chi connectivity index (χ2v) is 6.29. The van der Waals surface area contributed by atoms with Gasteiger partial charge in [-0.15, -0.1) is 0 Å². The van der Waals surface area contributed by atoms with Crippen molar-refractivity contribution in [1.29, 1.82) is 0 Å². The number of ether oxygens (including phenoxy) is 3. The van der Waals surface area contributed by atoms with Gasteiger partial charge in [-0.05, 0) is 42.2 Å². The lowest BCUT2D eigenvalue weighted by Gasteiger charge is -2.18. The summed E-state index contributed by atoms with van der Waals surface area (Å²) in [6.45, 7) is 3.40. The highest BCUT2D eigenvalue weighted by Crippen LogP contribution is 2.37. The molecule has 2 rings (SSSR count). The zero-order valence-corrected chi connectivity index (χ0v) is 16.4. The number of methoxy groups -OCH3 is 1. The van der Waals surface area contributed by atoms with Gasteiger partial charge in [-0.2, -0.15) is 13.2 Å². The van der Waals surface area contributed by atoms with E-state index in [9.17, 15) is 18.0 Å². The molecule has 0 radical (unpaired) electrons. The number of carbonyl (C=O) groups is 1. The summed E-state index contributed by atoms with van der Waals surface area (Å²) in [6, 6.07) is 6.76. The number of hydrogen-bond acceptors (Lipinski definition) is 4. The van der Waals surface area contributed by atoms with E-state index in [2.05, 4.69) is 4.74 Å². The maximum atomic E-state index is 13.4. The molecule has 0 amide bonds. The minimum absolute atomic E-state index is 0.281. The second kappa shape index (κ2) is 9.19. The van der Waals surface area contributed by atoms with Gasteiger partial charge in [0.2, 0.25) is 0 Å². The van der Waals surface area contributed by atoms with Gasteiger partial charge in [0, 0.05) is 10.6 Å². The van der Waals surface area contributed by atoms with Crippen LogP contribution < -0.4 is 9.47 Å². The Bertz CT molecular complexity index is 850. The average molecular weight is 417 g/mol. The summed E-state index contributed by atoms with van der Waals surface area (Å²) in [5.74, 6) is 0.0988. The molecule has 0 bridgehead atoms. The Labute approximate surface area is 166 Å². The van der Waals surface area contributed by atoms with Crippen molar-refractivity contribution in [3.63, 3.8) is 0 Å². The molecule has 8 heteroatoms. The van der Waals surface area contributed by atoms with E-state index in [0.29, 0.717) is 17.2 Å². The fourth-order valence-electron chi connectivity index (χ4n) is 2.69. The SMILES string of the molecule is CCc1cc(CC)c(OCc2c(OC(=O)OC)cccc2C(F)(F)F)cc1Cl. The van der Waals surface area contributed by atoms with Crippen LogP contribution in [0.4, 0.5) is 18.0 Å². The van der Waals surface area contributed by atoms with Crippen molar-refractivity contribution in [2.24, 2.45) is 0 Å². The molecule has 0 aromatic heterocycles. The lowest BCUT2D eigenvalue weighted by atomic mass is 10.0. The first-order valence-electron chi connectivity index (χ1n) is 8.60. The van der Waals surface area contributed by atoms with Crippen LogP contribution in [-0.4, -0.2) is 13.3 Å². The monoisotopic (exact) mass is 416 g/mol. The van der Waals surface area contributed by atoms with Gasteiger partial charge in [0.1, 0.15) is 18.1 Å². The minimum Gasteiger partial charge on any atom is -0.488 e. The van der Waals surface area contributed by atoms with E-state index in [1.807, 2.05) is 19.9 Å². The van der Waals surface area contributed by atoms with Gasteiger partial charge in [-0.1, -0.05) is 37.6 Å². The highest BCUT2D eigenvalue weighted by atomic mass is 35.5. The lowest BCUT2D eigenvalue weighted by molar-refractivity contribution is -0.138. The van der Waals surface area contributed by atoms with Crippen LogP contribution >= 0.6 is 11.6 Å². The third-order valence-electron chi connectivity index (χ3n) is 4.16. The summed E-state index contributed by atoms with van der Waals surface area (Å²) in [5.41, 5.74) is 0.485. The molecule has 2 aromatic rings. The summed E-state index contributed by atoms with van der Waals surface area (Å²) in [6.07, 6.45) is -4.43. The maximum absolute atomic E-state index is 13.4.